The first-order chi connectivity index (χ1) is 9.65. The second-order valence-corrected chi connectivity index (χ2v) is 6.13. The molecule has 5 heteroatoms. The van der Waals surface area contributed by atoms with Crippen LogP contribution in [0.15, 0.2) is 18.2 Å². The van der Waals surface area contributed by atoms with Gasteiger partial charge in [0.25, 0.3) is 0 Å². The lowest BCUT2D eigenvalue weighted by molar-refractivity contribution is -0.133. The van der Waals surface area contributed by atoms with Crippen molar-refractivity contribution in [2.45, 2.75) is 31.3 Å². The number of hydrogen-bond acceptors (Lipinski definition) is 3. The maximum Gasteiger partial charge on any atom is 0.231 e. The highest BCUT2D eigenvalue weighted by atomic mass is 35.5. The Labute approximate surface area is 124 Å². The van der Waals surface area contributed by atoms with Crippen LogP contribution >= 0.6 is 11.6 Å². The number of carbonyl (C=O) groups excluding carboxylic acids is 1. The van der Waals surface area contributed by atoms with E-state index in [0.29, 0.717) is 6.54 Å². The zero-order valence-electron chi connectivity index (χ0n) is 11.4. The Morgan fingerprint density at radius 1 is 1.35 bits per heavy atom. The van der Waals surface area contributed by atoms with Gasteiger partial charge in [-0.25, -0.2) is 0 Å². The number of nitrogens with one attached hydrogen (secondary N) is 1. The van der Waals surface area contributed by atoms with Gasteiger partial charge in [0.1, 0.15) is 0 Å². The van der Waals surface area contributed by atoms with Gasteiger partial charge in [0, 0.05) is 37.2 Å². The van der Waals surface area contributed by atoms with Gasteiger partial charge in [-0.3, -0.25) is 4.79 Å². The smallest absolute Gasteiger partial charge is 0.231 e. The summed E-state index contributed by atoms with van der Waals surface area (Å²) in [6.07, 6.45) is 1.80. The number of likely N-dealkylation sites (tertiary alicyclic amines) is 1. The first-order valence-electron chi connectivity index (χ1n) is 7.18. The third-order valence-corrected chi connectivity index (χ3v) is 4.53. The maximum atomic E-state index is 12.7. The maximum absolute atomic E-state index is 12.7. The van der Waals surface area contributed by atoms with E-state index in [9.17, 15) is 4.79 Å². The Morgan fingerprint density at radius 2 is 2.10 bits per heavy atom. The first kappa shape index (κ1) is 13.9. The molecule has 0 aliphatic carbocycles. The fourth-order valence-electron chi connectivity index (χ4n) is 3.09. The number of piperidine rings is 1. The lowest BCUT2D eigenvalue weighted by Gasteiger charge is -2.35. The average molecular weight is 294 g/mol. The van der Waals surface area contributed by atoms with Crippen molar-refractivity contribution in [1.82, 2.24) is 10.2 Å². The van der Waals surface area contributed by atoms with Crippen LogP contribution in [-0.4, -0.2) is 36.5 Å². The van der Waals surface area contributed by atoms with E-state index in [1.165, 1.54) is 0 Å². The van der Waals surface area contributed by atoms with Crippen LogP contribution in [0.3, 0.4) is 0 Å². The van der Waals surface area contributed by atoms with E-state index in [0.717, 1.165) is 48.6 Å². The Hall–Kier alpha value is -1.10. The van der Waals surface area contributed by atoms with Gasteiger partial charge in [-0.05, 0) is 36.1 Å². The summed E-state index contributed by atoms with van der Waals surface area (Å²) in [5, 5.41) is 4.04. The number of hydrogen-bond donors (Lipinski definition) is 2. The van der Waals surface area contributed by atoms with E-state index >= 15 is 0 Å². The second kappa shape index (κ2) is 5.72. The molecule has 0 aromatic heterocycles. The lowest BCUT2D eigenvalue weighted by Crippen LogP contribution is -2.47. The molecule has 0 radical (unpaired) electrons. The third-order valence-electron chi connectivity index (χ3n) is 4.29. The monoisotopic (exact) mass is 293 g/mol. The topological polar surface area (TPSA) is 58.4 Å². The van der Waals surface area contributed by atoms with Gasteiger partial charge in [0.2, 0.25) is 5.91 Å². The highest BCUT2D eigenvalue weighted by molar-refractivity contribution is 6.30. The van der Waals surface area contributed by atoms with Crippen molar-refractivity contribution in [2.24, 2.45) is 5.73 Å². The molecular formula is C15H20ClN3O. The van der Waals surface area contributed by atoms with Crippen LogP contribution in [0.2, 0.25) is 5.02 Å². The predicted octanol–water partition coefficient (Wildman–Crippen LogP) is 1.48. The van der Waals surface area contributed by atoms with Crippen LogP contribution in [0.4, 0.5) is 0 Å². The molecule has 1 fully saturated rings. The van der Waals surface area contributed by atoms with E-state index in [-0.39, 0.29) is 17.9 Å². The number of fused-ring (bicyclic) bond motifs is 1. The van der Waals surface area contributed by atoms with Crippen LogP contribution in [-0.2, 0) is 11.3 Å². The number of rotatable bonds is 1. The molecule has 0 saturated carbocycles. The van der Waals surface area contributed by atoms with Gasteiger partial charge >= 0.3 is 0 Å². The van der Waals surface area contributed by atoms with Gasteiger partial charge in [0.05, 0.1) is 5.92 Å². The lowest BCUT2D eigenvalue weighted by atomic mass is 9.89. The summed E-state index contributed by atoms with van der Waals surface area (Å²) in [5.41, 5.74) is 8.16. The van der Waals surface area contributed by atoms with Crippen molar-refractivity contribution in [3.05, 3.63) is 34.3 Å². The molecule has 1 aromatic carbocycles. The number of nitrogens with zero attached hydrogens (tertiary/aromatic N) is 1. The SMILES string of the molecule is NC1CCN(C(=O)C2CNCc3cc(Cl)ccc32)CC1. The Bertz CT molecular complexity index is 512. The summed E-state index contributed by atoms with van der Waals surface area (Å²) >= 11 is 6.03. The molecule has 1 amide bonds. The second-order valence-electron chi connectivity index (χ2n) is 5.69. The van der Waals surface area contributed by atoms with Crippen molar-refractivity contribution in [3.8, 4) is 0 Å². The zero-order chi connectivity index (χ0) is 14.1. The average Bonchev–Trinajstić information content (AvgIpc) is 2.46. The Kier molecular flexibility index (Phi) is 3.96. The molecule has 1 unspecified atom stereocenters. The quantitative estimate of drug-likeness (QED) is 0.824. The summed E-state index contributed by atoms with van der Waals surface area (Å²) in [7, 11) is 0. The molecule has 108 valence electrons. The number of benzene rings is 1. The summed E-state index contributed by atoms with van der Waals surface area (Å²) in [4.78, 5) is 14.7. The standard InChI is InChI=1S/C15H20ClN3O/c16-11-1-2-13-10(7-11)8-18-9-14(13)15(20)19-5-3-12(17)4-6-19/h1-2,7,12,14,18H,3-6,8-9,17H2. The fraction of sp³-hybridized carbons (Fsp3) is 0.533. The molecule has 3 N–H and O–H groups in total. The minimum absolute atomic E-state index is 0.0923. The number of carbonyl (C=O) groups is 1. The molecule has 1 aromatic rings. The van der Waals surface area contributed by atoms with E-state index in [2.05, 4.69) is 5.32 Å². The molecule has 2 aliphatic rings. The van der Waals surface area contributed by atoms with Crippen molar-refractivity contribution in [3.63, 3.8) is 0 Å². The van der Waals surface area contributed by atoms with Crippen LogP contribution in [0.1, 0.15) is 29.9 Å². The normalized spacial score (nSPS) is 23.5. The third kappa shape index (κ3) is 2.68. The summed E-state index contributed by atoms with van der Waals surface area (Å²) in [6.45, 7) is 3.04. The highest BCUT2D eigenvalue weighted by Gasteiger charge is 2.31. The predicted molar refractivity (Wildman–Crippen MR) is 79.7 cm³/mol. The molecule has 3 rings (SSSR count). The molecular weight excluding hydrogens is 274 g/mol. The zero-order valence-corrected chi connectivity index (χ0v) is 12.2. The van der Waals surface area contributed by atoms with Crippen LogP contribution in [0, 0.1) is 0 Å². The van der Waals surface area contributed by atoms with Crippen molar-refractivity contribution in [1.29, 1.82) is 0 Å². The van der Waals surface area contributed by atoms with Crippen molar-refractivity contribution >= 4 is 17.5 Å². The summed E-state index contributed by atoms with van der Waals surface area (Å²) < 4.78 is 0. The molecule has 20 heavy (non-hydrogen) atoms. The van der Waals surface area contributed by atoms with E-state index in [1.807, 2.05) is 23.1 Å². The van der Waals surface area contributed by atoms with Crippen LogP contribution in [0.5, 0.6) is 0 Å². The molecule has 1 saturated heterocycles. The summed E-state index contributed by atoms with van der Waals surface area (Å²) in [5.74, 6) is 0.123. The summed E-state index contributed by atoms with van der Waals surface area (Å²) in [6, 6.07) is 6.07. The minimum atomic E-state index is -0.0923. The first-order valence-corrected chi connectivity index (χ1v) is 7.56. The number of nitrogens with two attached hydrogens (primary N) is 1. The molecule has 0 spiro atoms. The van der Waals surface area contributed by atoms with Gasteiger partial charge in [-0.15, -0.1) is 0 Å². The van der Waals surface area contributed by atoms with E-state index in [4.69, 9.17) is 17.3 Å². The minimum Gasteiger partial charge on any atom is -0.342 e. The number of amides is 1. The molecule has 2 aliphatic heterocycles. The number of halogens is 1. The van der Waals surface area contributed by atoms with Crippen LogP contribution < -0.4 is 11.1 Å². The Balaban J connectivity index is 1.80. The van der Waals surface area contributed by atoms with E-state index in [1.54, 1.807) is 0 Å². The van der Waals surface area contributed by atoms with Gasteiger partial charge in [0.15, 0.2) is 0 Å². The Morgan fingerprint density at radius 3 is 2.85 bits per heavy atom. The largest absolute Gasteiger partial charge is 0.342 e. The van der Waals surface area contributed by atoms with Crippen LogP contribution in [0.25, 0.3) is 0 Å². The fourth-order valence-corrected chi connectivity index (χ4v) is 3.28. The van der Waals surface area contributed by atoms with Gasteiger partial charge in [-0.2, -0.15) is 0 Å². The highest BCUT2D eigenvalue weighted by Crippen LogP contribution is 2.28. The van der Waals surface area contributed by atoms with Gasteiger partial charge in [-0.1, -0.05) is 17.7 Å². The molecule has 1 atom stereocenters. The van der Waals surface area contributed by atoms with Crippen molar-refractivity contribution < 1.29 is 4.79 Å². The van der Waals surface area contributed by atoms with E-state index < -0.39 is 0 Å². The molecule has 0 bridgehead atoms. The van der Waals surface area contributed by atoms with Gasteiger partial charge < -0.3 is 16.0 Å². The molecule has 2 heterocycles. The molecule has 4 nitrogen and oxygen atoms in total. The van der Waals surface area contributed by atoms with Crippen molar-refractivity contribution in [2.75, 3.05) is 19.6 Å².